The molecule has 0 aliphatic heterocycles. The largest absolute Gasteiger partial charge is 0.394 e. The fraction of sp³-hybridized carbons (Fsp3) is 0.500. The lowest BCUT2D eigenvalue weighted by molar-refractivity contribution is 0.202. The number of anilines is 1. The van der Waals surface area contributed by atoms with Gasteiger partial charge < -0.3 is 10.4 Å². The van der Waals surface area contributed by atoms with Crippen LogP contribution in [0, 0.1) is 5.41 Å². The van der Waals surface area contributed by atoms with E-state index in [0.717, 1.165) is 10.2 Å². The molecule has 0 spiro atoms. The fourth-order valence-electron chi connectivity index (χ4n) is 1.30. The SMILES string of the molecule is CC(C)(C)C(CO)Nc1ccccc1Br. The number of aliphatic hydroxyl groups is 1. The first-order valence-electron chi connectivity index (χ1n) is 5.07. The maximum absolute atomic E-state index is 9.34. The minimum absolute atomic E-state index is 0.0318. The van der Waals surface area contributed by atoms with Gasteiger partial charge in [-0.3, -0.25) is 0 Å². The van der Waals surface area contributed by atoms with E-state index in [4.69, 9.17) is 0 Å². The second kappa shape index (κ2) is 4.99. The second-order valence-corrected chi connectivity index (χ2v) is 5.58. The summed E-state index contributed by atoms with van der Waals surface area (Å²) in [4.78, 5) is 0. The zero-order chi connectivity index (χ0) is 11.5. The molecule has 1 aromatic rings. The molecule has 0 saturated carbocycles. The average Bonchev–Trinajstić information content (AvgIpc) is 2.14. The maximum atomic E-state index is 9.34. The van der Waals surface area contributed by atoms with Gasteiger partial charge >= 0.3 is 0 Å². The number of aliphatic hydroxyl groups excluding tert-OH is 1. The number of rotatable bonds is 3. The lowest BCUT2D eigenvalue weighted by Gasteiger charge is -2.31. The Morgan fingerprint density at radius 2 is 1.93 bits per heavy atom. The van der Waals surface area contributed by atoms with Crippen LogP contribution in [0.5, 0.6) is 0 Å². The normalized spacial score (nSPS) is 13.7. The van der Waals surface area contributed by atoms with Crippen LogP contribution in [0.2, 0.25) is 0 Å². The first-order valence-corrected chi connectivity index (χ1v) is 5.86. The van der Waals surface area contributed by atoms with Crippen LogP contribution in [0.4, 0.5) is 5.69 Å². The van der Waals surface area contributed by atoms with E-state index < -0.39 is 0 Å². The summed E-state index contributed by atoms with van der Waals surface area (Å²) >= 11 is 3.48. The molecule has 1 rings (SSSR count). The van der Waals surface area contributed by atoms with E-state index in [0.29, 0.717) is 0 Å². The van der Waals surface area contributed by atoms with Crippen LogP contribution in [0.15, 0.2) is 28.7 Å². The Balaban J connectivity index is 2.80. The van der Waals surface area contributed by atoms with E-state index in [9.17, 15) is 5.11 Å². The molecule has 0 aliphatic rings. The zero-order valence-electron chi connectivity index (χ0n) is 9.42. The summed E-state index contributed by atoms with van der Waals surface area (Å²) in [5.41, 5.74) is 1.05. The monoisotopic (exact) mass is 271 g/mol. The van der Waals surface area contributed by atoms with Crippen molar-refractivity contribution in [2.45, 2.75) is 26.8 Å². The summed E-state index contributed by atoms with van der Waals surface area (Å²) in [5.74, 6) is 0. The summed E-state index contributed by atoms with van der Waals surface area (Å²) < 4.78 is 1.02. The molecule has 0 bridgehead atoms. The van der Waals surface area contributed by atoms with Gasteiger partial charge in [-0.05, 0) is 33.5 Å². The molecule has 1 aromatic carbocycles. The molecule has 0 heterocycles. The quantitative estimate of drug-likeness (QED) is 0.885. The molecule has 0 aromatic heterocycles. The van der Waals surface area contributed by atoms with Gasteiger partial charge in [0.15, 0.2) is 0 Å². The minimum atomic E-state index is 0.0318. The van der Waals surface area contributed by atoms with E-state index >= 15 is 0 Å². The summed E-state index contributed by atoms with van der Waals surface area (Å²) in [7, 11) is 0. The number of halogens is 1. The van der Waals surface area contributed by atoms with Crippen molar-refractivity contribution in [1.82, 2.24) is 0 Å². The molecule has 2 nitrogen and oxygen atoms in total. The number of benzene rings is 1. The molecule has 3 heteroatoms. The van der Waals surface area contributed by atoms with E-state index in [-0.39, 0.29) is 18.1 Å². The summed E-state index contributed by atoms with van der Waals surface area (Å²) in [6.45, 7) is 6.46. The Morgan fingerprint density at radius 1 is 1.33 bits per heavy atom. The molecular weight excluding hydrogens is 254 g/mol. The van der Waals surface area contributed by atoms with Crippen molar-refractivity contribution in [3.63, 3.8) is 0 Å². The lowest BCUT2D eigenvalue weighted by atomic mass is 9.87. The third-order valence-corrected chi connectivity index (χ3v) is 3.12. The van der Waals surface area contributed by atoms with Crippen molar-refractivity contribution >= 4 is 21.6 Å². The van der Waals surface area contributed by atoms with Gasteiger partial charge in [0.1, 0.15) is 0 Å². The smallest absolute Gasteiger partial charge is 0.0638 e. The van der Waals surface area contributed by atoms with Crippen LogP contribution in [0.1, 0.15) is 20.8 Å². The van der Waals surface area contributed by atoms with Crippen molar-refractivity contribution in [3.05, 3.63) is 28.7 Å². The van der Waals surface area contributed by atoms with Gasteiger partial charge in [-0.1, -0.05) is 32.9 Å². The van der Waals surface area contributed by atoms with Gasteiger partial charge in [0.05, 0.1) is 12.6 Å². The third-order valence-electron chi connectivity index (χ3n) is 2.43. The first-order chi connectivity index (χ1) is 6.95. The molecule has 0 aliphatic carbocycles. The highest BCUT2D eigenvalue weighted by atomic mass is 79.9. The standard InChI is InChI=1S/C12H18BrNO/c1-12(2,3)11(8-15)14-10-7-5-4-6-9(10)13/h4-7,11,14-15H,8H2,1-3H3. The second-order valence-electron chi connectivity index (χ2n) is 4.73. The molecule has 1 atom stereocenters. The topological polar surface area (TPSA) is 32.3 Å². The third kappa shape index (κ3) is 3.50. The lowest BCUT2D eigenvalue weighted by Crippen LogP contribution is -2.37. The van der Waals surface area contributed by atoms with Crippen molar-refractivity contribution in [1.29, 1.82) is 0 Å². The van der Waals surface area contributed by atoms with E-state index in [1.807, 2.05) is 24.3 Å². The molecule has 1 unspecified atom stereocenters. The number of nitrogens with one attached hydrogen (secondary N) is 1. The predicted molar refractivity (Wildman–Crippen MR) is 68.1 cm³/mol. The molecule has 0 radical (unpaired) electrons. The predicted octanol–water partition coefficient (Wildman–Crippen LogP) is 3.27. The molecule has 0 amide bonds. The van der Waals surface area contributed by atoms with Crippen molar-refractivity contribution in [2.24, 2.45) is 5.41 Å². The average molecular weight is 272 g/mol. The van der Waals surface area contributed by atoms with Crippen LogP contribution >= 0.6 is 15.9 Å². The van der Waals surface area contributed by atoms with Crippen molar-refractivity contribution in [3.8, 4) is 0 Å². The van der Waals surface area contributed by atoms with Gasteiger partial charge in [-0.25, -0.2) is 0 Å². The Morgan fingerprint density at radius 3 is 2.40 bits per heavy atom. The fourth-order valence-corrected chi connectivity index (χ4v) is 1.70. The Bertz CT molecular complexity index is 320. The summed E-state index contributed by atoms with van der Waals surface area (Å²) in [6, 6.07) is 7.98. The highest BCUT2D eigenvalue weighted by Gasteiger charge is 2.23. The van der Waals surface area contributed by atoms with E-state index in [2.05, 4.69) is 42.0 Å². The van der Waals surface area contributed by atoms with E-state index in [1.165, 1.54) is 0 Å². The minimum Gasteiger partial charge on any atom is -0.394 e. The van der Waals surface area contributed by atoms with Crippen LogP contribution in [-0.4, -0.2) is 17.8 Å². The molecule has 2 N–H and O–H groups in total. The molecule has 15 heavy (non-hydrogen) atoms. The molecule has 0 saturated heterocycles. The number of para-hydroxylation sites is 1. The van der Waals surface area contributed by atoms with Crippen LogP contribution in [0.25, 0.3) is 0 Å². The highest BCUT2D eigenvalue weighted by Crippen LogP contribution is 2.27. The molecule has 0 fully saturated rings. The van der Waals surface area contributed by atoms with Crippen molar-refractivity contribution in [2.75, 3.05) is 11.9 Å². The number of hydrogen-bond donors (Lipinski definition) is 2. The van der Waals surface area contributed by atoms with Crippen LogP contribution in [-0.2, 0) is 0 Å². The van der Waals surface area contributed by atoms with Crippen LogP contribution < -0.4 is 5.32 Å². The molecule has 84 valence electrons. The van der Waals surface area contributed by atoms with Gasteiger partial charge in [-0.2, -0.15) is 0 Å². The first kappa shape index (κ1) is 12.5. The van der Waals surface area contributed by atoms with Gasteiger partial charge in [0, 0.05) is 10.2 Å². The van der Waals surface area contributed by atoms with Crippen LogP contribution in [0.3, 0.4) is 0 Å². The Kier molecular flexibility index (Phi) is 4.17. The maximum Gasteiger partial charge on any atom is 0.0638 e. The zero-order valence-corrected chi connectivity index (χ0v) is 11.0. The Labute approximate surface area is 99.8 Å². The summed E-state index contributed by atoms with van der Waals surface area (Å²) in [6.07, 6.45) is 0. The van der Waals surface area contributed by atoms with Gasteiger partial charge in [0.2, 0.25) is 0 Å². The molecular formula is C12H18BrNO. The van der Waals surface area contributed by atoms with Gasteiger partial charge in [0.25, 0.3) is 0 Å². The number of hydrogen-bond acceptors (Lipinski definition) is 2. The highest BCUT2D eigenvalue weighted by molar-refractivity contribution is 9.10. The van der Waals surface area contributed by atoms with Gasteiger partial charge in [-0.15, -0.1) is 0 Å². The van der Waals surface area contributed by atoms with Crippen molar-refractivity contribution < 1.29 is 5.11 Å². The van der Waals surface area contributed by atoms with E-state index in [1.54, 1.807) is 0 Å². The summed E-state index contributed by atoms with van der Waals surface area (Å²) in [5, 5.41) is 12.7. The Hall–Kier alpha value is -0.540.